The second-order valence-electron chi connectivity index (χ2n) is 5.14. The van der Waals surface area contributed by atoms with Gasteiger partial charge in [-0.1, -0.05) is 30.3 Å². The molecule has 0 unspecified atom stereocenters. The van der Waals surface area contributed by atoms with Crippen molar-refractivity contribution in [3.63, 3.8) is 0 Å². The van der Waals surface area contributed by atoms with Crippen LogP contribution in [0.15, 0.2) is 35.7 Å². The molecular formula is C16H21N3O3S. The molecule has 1 aromatic carbocycles. The summed E-state index contributed by atoms with van der Waals surface area (Å²) in [5.41, 5.74) is 7.26. The Morgan fingerprint density at radius 3 is 2.83 bits per heavy atom. The molecule has 23 heavy (non-hydrogen) atoms. The zero-order chi connectivity index (χ0) is 16.7. The van der Waals surface area contributed by atoms with E-state index in [4.69, 9.17) is 10.5 Å². The average molecular weight is 335 g/mol. The van der Waals surface area contributed by atoms with Crippen molar-refractivity contribution in [2.75, 3.05) is 6.54 Å². The number of aromatic nitrogens is 1. The number of hydrogen-bond donors (Lipinski definition) is 3. The smallest absolute Gasteiger partial charge is 0.408 e. The number of hydrogen-bond acceptors (Lipinski definition) is 6. The monoisotopic (exact) mass is 335 g/mol. The van der Waals surface area contributed by atoms with Crippen LogP contribution in [-0.2, 0) is 17.8 Å². The lowest BCUT2D eigenvalue weighted by atomic mass is 10.2. The largest absolute Gasteiger partial charge is 0.445 e. The summed E-state index contributed by atoms with van der Waals surface area (Å²) in [6, 6.07) is 8.80. The van der Waals surface area contributed by atoms with Gasteiger partial charge in [0.1, 0.15) is 17.7 Å². The van der Waals surface area contributed by atoms with Crippen LogP contribution < -0.4 is 11.1 Å². The van der Waals surface area contributed by atoms with Crippen LogP contribution in [0.25, 0.3) is 0 Å². The van der Waals surface area contributed by atoms with Gasteiger partial charge in [-0.05, 0) is 19.0 Å². The summed E-state index contributed by atoms with van der Waals surface area (Å²) >= 11 is 1.39. The summed E-state index contributed by atoms with van der Waals surface area (Å²) in [4.78, 5) is 16.4. The molecule has 2 atom stereocenters. The van der Waals surface area contributed by atoms with Crippen molar-refractivity contribution < 1.29 is 14.6 Å². The first-order chi connectivity index (χ1) is 11.1. The lowest BCUT2D eigenvalue weighted by molar-refractivity contribution is 0.109. The van der Waals surface area contributed by atoms with Crippen molar-refractivity contribution in [1.29, 1.82) is 0 Å². The number of aliphatic hydroxyl groups excluding tert-OH is 1. The number of benzene rings is 1. The predicted octanol–water partition coefficient (Wildman–Crippen LogP) is 1.99. The van der Waals surface area contributed by atoms with Crippen LogP contribution in [0.2, 0.25) is 0 Å². The van der Waals surface area contributed by atoms with E-state index in [0.29, 0.717) is 18.0 Å². The average Bonchev–Trinajstić information content (AvgIpc) is 3.00. The normalized spacial score (nSPS) is 13.3. The summed E-state index contributed by atoms with van der Waals surface area (Å²) < 4.78 is 5.18. The van der Waals surface area contributed by atoms with Crippen molar-refractivity contribution in [3.8, 4) is 0 Å². The number of ether oxygens (including phenoxy) is 1. The van der Waals surface area contributed by atoms with Crippen LogP contribution in [0, 0.1) is 0 Å². The van der Waals surface area contributed by atoms with Gasteiger partial charge in [0.15, 0.2) is 0 Å². The molecule has 2 rings (SSSR count). The van der Waals surface area contributed by atoms with E-state index in [9.17, 15) is 9.90 Å². The minimum absolute atomic E-state index is 0.176. The number of nitrogens with one attached hydrogen (secondary N) is 1. The molecule has 0 fully saturated rings. The molecule has 1 amide bonds. The first-order valence-electron chi connectivity index (χ1n) is 7.39. The fraction of sp³-hybridized carbons (Fsp3) is 0.375. The van der Waals surface area contributed by atoms with Crippen molar-refractivity contribution in [2.45, 2.75) is 32.1 Å². The first kappa shape index (κ1) is 17.4. The molecule has 6 nitrogen and oxygen atoms in total. The highest BCUT2D eigenvalue weighted by atomic mass is 32.1. The van der Waals surface area contributed by atoms with Gasteiger partial charge in [-0.3, -0.25) is 0 Å². The van der Waals surface area contributed by atoms with E-state index in [0.717, 1.165) is 11.3 Å². The Bertz CT molecular complexity index is 616. The summed E-state index contributed by atoms with van der Waals surface area (Å²) in [5.74, 6) is 0. The Balaban J connectivity index is 1.94. The number of amides is 1. The highest BCUT2D eigenvalue weighted by Gasteiger charge is 2.23. The maximum atomic E-state index is 11.9. The molecule has 0 aliphatic heterocycles. The molecule has 2 aromatic rings. The van der Waals surface area contributed by atoms with E-state index in [1.54, 1.807) is 6.92 Å². The quantitative estimate of drug-likeness (QED) is 0.719. The number of nitrogens with zero attached hydrogens (tertiary/aromatic N) is 1. The molecule has 0 bridgehead atoms. The number of carbonyl (C=O) groups is 1. The fourth-order valence-electron chi connectivity index (χ4n) is 2.01. The van der Waals surface area contributed by atoms with Crippen molar-refractivity contribution in [3.05, 3.63) is 52.0 Å². The maximum absolute atomic E-state index is 11.9. The van der Waals surface area contributed by atoms with E-state index >= 15 is 0 Å². The van der Waals surface area contributed by atoms with Crippen molar-refractivity contribution in [2.24, 2.45) is 5.73 Å². The number of carbonyl (C=O) groups excluding carboxylic acids is 1. The van der Waals surface area contributed by atoms with Crippen molar-refractivity contribution >= 4 is 17.4 Å². The molecule has 0 aliphatic rings. The molecule has 7 heteroatoms. The number of aliphatic hydroxyl groups is 1. The molecule has 0 aliphatic carbocycles. The van der Waals surface area contributed by atoms with Gasteiger partial charge >= 0.3 is 6.09 Å². The van der Waals surface area contributed by atoms with Crippen LogP contribution in [0.4, 0.5) is 4.79 Å². The van der Waals surface area contributed by atoms with E-state index in [2.05, 4.69) is 10.3 Å². The summed E-state index contributed by atoms with van der Waals surface area (Å²) in [5, 5.41) is 15.1. The molecule has 1 aromatic heterocycles. The maximum Gasteiger partial charge on any atom is 0.408 e. The van der Waals surface area contributed by atoms with Gasteiger partial charge < -0.3 is 20.9 Å². The molecule has 0 saturated carbocycles. The van der Waals surface area contributed by atoms with Gasteiger partial charge in [-0.15, -0.1) is 11.3 Å². The van der Waals surface area contributed by atoms with E-state index in [1.165, 1.54) is 11.3 Å². The van der Waals surface area contributed by atoms with Gasteiger partial charge in [0.05, 0.1) is 11.8 Å². The molecule has 1 heterocycles. The summed E-state index contributed by atoms with van der Waals surface area (Å²) in [6.07, 6.45) is -0.701. The molecule has 124 valence electrons. The van der Waals surface area contributed by atoms with E-state index in [1.807, 2.05) is 35.7 Å². The SMILES string of the molecule is C[C@@H](O)[C@H](NC(=O)OCc1ccccc1)c1nc(CCN)cs1. The van der Waals surface area contributed by atoms with E-state index < -0.39 is 18.2 Å². The van der Waals surface area contributed by atoms with Crippen LogP contribution in [0.5, 0.6) is 0 Å². The van der Waals surface area contributed by atoms with E-state index in [-0.39, 0.29) is 6.61 Å². The van der Waals surface area contributed by atoms with Crippen LogP contribution >= 0.6 is 11.3 Å². The fourth-order valence-corrected chi connectivity index (χ4v) is 3.01. The Morgan fingerprint density at radius 2 is 2.17 bits per heavy atom. The second kappa shape index (κ2) is 8.61. The van der Waals surface area contributed by atoms with Gasteiger partial charge in [0.25, 0.3) is 0 Å². The molecule has 0 radical (unpaired) electrons. The highest BCUT2D eigenvalue weighted by Crippen LogP contribution is 2.22. The van der Waals surface area contributed by atoms with Crippen LogP contribution in [0.3, 0.4) is 0 Å². The zero-order valence-electron chi connectivity index (χ0n) is 12.9. The summed E-state index contributed by atoms with van der Waals surface area (Å²) in [6.45, 7) is 2.29. The molecular weight excluding hydrogens is 314 g/mol. The Hall–Kier alpha value is -1.96. The van der Waals surface area contributed by atoms with Crippen molar-refractivity contribution in [1.82, 2.24) is 10.3 Å². The number of rotatable bonds is 7. The minimum atomic E-state index is -0.781. The Morgan fingerprint density at radius 1 is 1.43 bits per heavy atom. The summed E-state index contributed by atoms with van der Waals surface area (Å²) in [7, 11) is 0. The third kappa shape index (κ3) is 5.31. The Labute approximate surface area is 139 Å². The number of alkyl carbamates (subject to hydrolysis) is 1. The number of nitrogens with two attached hydrogens (primary N) is 1. The lowest BCUT2D eigenvalue weighted by Gasteiger charge is -2.19. The highest BCUT2D eigenvalue weighted by molar-refractivity contribution is 7.09. The number of thiazole rings is 1. The van der Waals surface area contributed by atoms with Gasteiger partial charge in [0.2, 0.25) is 0 Å². The third-order valence-electron chi connectivity index (χ3n) is 3.20. The third-order valence-corrected chi connectivity index (χ3v) is 4.18. The molecule has 0 saturated heterocycles. The topological polar surface area (TPSA) is 97.5 Å². The predicted molar refractivity (Wildman–Crippen MR) is 89.1 cm³/mol. The Kier molecular flexibility index (Phi) is 6.52. The van der Waals surface area contributed by atoms with Crippen LogP contribution in [-0.4, -0.2) is 28.8 Å². The zero-order valence-corrected chi connectivity index (χ0v) is 13.8. The molecule has 4 N–H and O–H groups in total. The van der Waals surface area contributed by atoms with Gasteiger partial charge in [-0.2, -0.15) is 0 Å². The van der Waals surface area contributed by atoms with Gasteiger partial charge in [-0.25, -0.2) is 9.78 Å². The van der Waals surface area contributed by atoms with Crippen LogP contribution in [0.1, 0.15) is 29.2 Å². The lowest BCUT2D eigenvalue weighted by Crippen LogP contribution is -2.35. The second-order valence-corrected chi connectivity index (χ2v) is 6.03. The van der Waals surface area contributed by atoms with Gasteiger partial charge in [0, 0.05) is 11.8 Å². The standard InChI is InChI=1S/C16H21N3O3S/c1-11(20)14(15-18-13(7-8-17)10-23-15)19-16(21)22-9-12-5-3-2-4-6-12/h2-6,10-11,14,20H,7-9,17H2,1H3,(H,19,21)/t11-,14+/m1/s1. The first-order valence-corrected chi connectivity index (χ1v) is 8.27. The molecule has 0 spiro atoms. The minimum Gasteiger partial charge on any atom is -0.445 e.